The van der Waals surface area contributed by atoms with Gasteiger partial charge in [-0.2, -0.15) is 0 Å². The Morgan fingerprint density at radius 1 is 0.960 bits per heavy atom. The predicted octanol–water partition coefficient (Wildman–Crippen LogP) is 6.66. The molecule has 0 spiro atoms. The molecule has 25 heavy (non-hydrogen) atoms. The molecule has 0 heterocycles. The Kier molecular flexibility index (Phi) is 10.1. The molecule has 1 rings (SSSR count). The normalized spacial score (nSPS) is 14.4. The molecule has 1 aromatic rings. The molecule has 0 bridgehead atoms. The van der Waals surface area contributed by atoms with E-state index in [-0.39, 0.29) is 0 Å². The summed E-state index contributed by atoms with van der Waals surface area (Å²) in [5.74, 6) is 0. The van der Waals surface area contributed by atoms with Crippen LogP contribution in [0.2, 0.25) is 0 Å². The first-order valence-corrected chi connectivity index (χ1v) is 9.17. The van der Waals surface area contributed by atoms with E-state index in [0.29, 0.717) is 0 Å². The van der Waals surface area contributed by atoms with Crippen LogP contribution in [0.5, 0.6) is 0 Å². The summed E-state index contributed by atoms with van der Waals surface area (Å²) in [6.07, 6.45) is 17.3. The molecule has 0 radical (unpaired) electrons. The van der Waals surface area contributed by atoms with Gasteiger partial charge in [0.2, 0.25) is 0 Å². The molecule has 1 nitrogen and oxygen atoms in total. The van der Waals surface area contributed by atoms with Crippen molar-refractivity contribution in [2.24, 2.45) is 5.73 Å². The van der Waals surface area contributed by atoms with Crippen LogP contribution >= 0.6 is 0 Å². The molecule has 0 aliphatic carbocycles. The molecule has 2 N–H and O–H groups in total. The van der Waals surface area contributed by atoms with Crippen LogP contribution in [0.25, 0.3) is 0 Å². The quantitative estimate of drug-likeness (QED) is 0.305. The molecule has 0 aromatic heterocycles. The highest BCUT2D eigenvalue weighted by Crippen LogP contribution is 2.21. The molecular weight excluding hydrogens is 302 g/mol. The Bertz CT molecular complexity index is 651. The molecule has 1 heteroatoms. The minimum absolute atomic E-state index is 0.831. The molecule has 0 fully saturated rings. The van der Waals surface area contributed by atoms with Gasteiger partial charge < -0.3 is 5.73 Å². The van der Waals surface area contributed by atoms with Crippen molar-refractivity contribution >= 4 is 0 Å². The Labute approximate surface area is 154 Å². The Balaban J connectivity index is 2.93. The van der Waals surface area contributed by atoms with Gasteiger partial charge in [-0.1, -0.05) is 66.3 Å². The third-order valence-corrected chi connectivity index (χ3v) is 4.13. The van der Waals surface area contributed by atoms with Crippen molar-refractivity contribution in [2.75, 3.05) is 0 Å². The lowest BCUT2D eigenvalue weighted by Crippen LogP contribution is -1.93. The number of unbranched alkanes of at least 4 members (excludes halogenated alkanes) is 1. The van der Waals surface area contributed by atoms with E-state index < -0.39 is 0 Å². The van der Waals surface area contributed by atoms with Crippen molar-refractivity contribution in [1.29, 1.82) is 0 Å². The zero-order chi connectivity index (χ0) is 18.5. The van der Waals surface area contributed by atoms with Crippen molar-refractivity contribution in [3.8, 4) is 0 Å². The van der Waals surface area contributed by atoms with Crippen molar-refractivity contribution in [3.05, 3.63) is 94.8 Å². The van der Waals surface area contributed by atoms with Crippen molar-refractivity contribution < 1.29 is 0 Å². The van der Waals surface area contributed by atoms with Gasteiger partial charge in [0.25, 0.3) is 0 Å². The Morgan fingerprint density at radius 2 is 1.64 bits per heavy atom. The molecule has 0 aliphatic heterocycles. The van der Waals surface area contributed by atoms with Gasteiger partial charge in [-0.3, -0.25) is 0 Å². The van der Waals surface area contributed by atoms with E-state index >= 15 is 0 Å². The van der Waals surface area contributed by atoms with Gasteiger partial charge in [-0.25, -0.2) is 0 Å². The lowest BCUT2D eigenvalue weighted by Gasteiger charge is -2.10. The zero-order valence-corrected chi connectivity index (χ0v) is 16.3. The summed E-state index contributed by atoms with van der Waals surface area (Å²) in [6.45, 7) is 8.39. The summed E-state index contributed by atoms with van der Waals surface area (Å²) in [7, 11) is 0. The summed E-state index contributed by atoms with van der Waals surface area (Å²) >= 11 is 0. The number of aryl methyl sites for hydroxylation is 1. The third kappa shape index (κ3) is 8.95. The van der Waals surface area contributed by atoms with Crippen LogP contribution in [-0.2, 0) is 6.42 Å². The van der Waals surface area contributed by atoms with E-state index in [1.165, 1.54) is 22.3 Å². The maximum absolute atomic E-state index is 5.78. The van der Waals surface area contributed by atoms with E-state index in [1.54, 1.807) is 0 Å². The second-order valence-electron chi connectivity index (χ2n) is 6.49. The second-order valence-corrected chi connectivity index (χ2v) is 6.49. The van der Waals surface area contributed by atoms with Crippen LogP contribution in [0.4, 0.5) is 0 Å². The van der Waals surface area contributed by atoms with Crippen molar-refractivity contribution in [2.45, 2.75) is 53.4 Å². The molecular formula is C24H33N. The molecule has 0 unspecified atom stereocenters. The van der Waals surface area contributed by atoms with Gasteiger partial charge in [-0.05, 0) is 76.2 Å². The number of benzene rings is 1. The lowest BCUT2D eigenvalue weighted by molar-refractivity contribution is 0.929. The van der Waals surface area contributed by atoms with Gasteiger partial charge in [-0.15, -0.1) is 0 Å². The zero-order valence-electron chi connectivity index (χ0n) is 16.3. The highest BCUT2D eigenvalue weighted by molar-refractivity contribution is 5.44. The van der Waals surface area contributed by atoms with E-state index in [4.69, 9.17) is 5.73 Å². The fraction of sp³-hybridized carbons (Fsp3) is 0.333. The number of hydrogen-bond acceptors (Lipinski definition) is 1. The van der Waals surface area contributed by atoms with E-state index in [9.17, 15) is 0 Å². The highest BCUT2D eigenvalue weighted by atomic mass is 14.5. The minimum Gasteiger partial charge on any atom is -0.402 e. The first-order chi connectivity index (χ1) is 12.0. The summed E-state index contributed by atoms with van der Waals surface area (Å²) in [4.78, 5) is 0. The largest absolute Gasteiger partial charge is 0.402 e. The maximum atomic E-state index is 5.78. The SMILES string of the molecule is C/C=C\CC/C=C/C(C(/C)=C/C=C(\C)N)=C(/C)CCc1ccccc1. The van der Waals surface area contributed by atoms with Crippen LogP contribution in [0.3, 0.4) is 0 Å². The average molecular weight is 336 g/mol. The Hall–Kier alpha value is -2.28. The summed E-state index contributed by atoms with van der Waals surface area (Å²) in [6, 6.07) is 10.7. The van der Waals surface area contributed by atoms with Crippen molar-refractivity contribution in [1.82, 2.24) is 0 Å². The van der Waals surface area contributed by atoms with Gasteiger partial charge in [0, 0.05) is 5.70 Å². The number of nitrogens with two attached hydrogens (primary N) is 1. The third-order valence-electron chi connectivity index (χ3n) is 4.13. The number of hydrogen-bond donors (Lipinski definition) is 1. The van der Waals surface area contributed by atoms with Gasteiger partial charge in [0.15, 0.2) is 0 Å². The number of rotatable bonds is 9. The predicted molar refractivity (Wildman–Crippen MR) is 112 cm³/mol. The van der Waals surface area contributed by atoms with E-state index in [0.717, 1.165) is 31.4 Å². The Morgan fingerprint density at radius 3 is 2.28 bits per heavy atom. The van der Waals surface area contributed by atoms with Crippen LogP contribution < -0.4 is 5.73 Å². The number of allylic oxidation sites excluding steroid dienone is 10. The molecule has 0 saturated carbocycles. The van der Waals surface area contributed by atoms with E-state index in [2.05, 4.69) is 81.5 Å². The molecule has 0 atom stereocenters. The topological polar surface area (TPSA) is 26.0 Å². The first-order valence-electron chi connectivity index (χ1n) is 9.17. The summed E-state index contributed by atoms with van der Waals surface area (Å²) in [5, 5.41) is 0. The lowest BCUT2D eigenvalue weighted by atomic mass is 9.95. The van der Waals surface area contributed by atoms with Crippen molar-refractivity contribution in [3.63, 3.8) is 0 Å². The standard InChI is InChI=1S/C24H33N/c1-5-6-7-8-12-15-24(20(2)16-18-22(4)25)21(3)17-19-23-13-10-9-11-14-23/h5-6,9-16,18H,7-8,17,19,25H2,1-4H3/b6-5-,15-12+,20-16+,22-18+,24-21+. The summed E-state index contributed by atoms with van der Waals surface area (Å²) < 4.78 is 0. The van der Waals surface area contributed by atoms with Gasteiger partial charge >= 0.3 is 0 Å². The van der Waals surface area contributed by atoms with Gasteiger partial charge in [0.1, 0.15) is 0 Å². The van der Waals surface area contributed by atoms with Crippen LogP contribution in [0.1, 0.15) is 52.5 Å². The average Bonchev–Trinajstić information content (AvgIpc) is 2.61. The van der Waals surface area contributed by atoms with Crippen LogP contribution in [0, 0.1) is 0 Å². The smallest absolute Gasteiger partial charge is 0.00489 e. The molecule has 0 aliphatic rings. The molecule has 0 amide bonds. The summed E-state index contributed by atoms with van der Waals surface area (Å²) in [5.41, 5.74) is 12.0. The monoisotopic (exact) mass is 335 g/mol. The fourth-order valence-corrected chi connectivity index (χ4v) is 2.63. The van der Waals surface area contributed by atoms with Crippen LogP contribution in [0.15, 0.2) is 89.2 Å². The maximum Gasteiger partial charge on any atom is 0.00489 e. The molecule has 0 saturated heterocycles. The van der Waals surface area contributed by atoms with Gasteiger partial charge in [0.05, 0.1) is 0 Å². The van der Waals surface area contributed by atoms with Crippen LogP contribution in [-0.4, -0.2) is 0 Å². The molecule has 1 aromatic carbocycles. The van der Waals surface area contributed by atoms with E-state index in [1.807, 2.05) is 13.0 Å². The molecule has 134 valence electrons. The highest BCUT2D eigenvalue weighted by Gasteiger charge is 2.03. The first kappa shape index (κ1) is 20.8. The minimum atomic E-state index is 0.831. The second kappa shape index (κ2) is 12.1. The fourth-order valence-electron chi connectivity index (χ4n) is 2.63.